The van der Waals surface area contributed by atoms with Crippen molar-refractivity contribution in [3.05, 3.63) is 65.2 Å². The number of para-hydroxylation sites is 1. The summed E-state index contributed by atoms with van der Waals surface area (Å²) < 4.78 is 5.60. The number of amides is 1. The van der Waals surface area contributed by atoms with Gasteiger partial charge in [-0.1, -0.05) is 18.2 Å². The zero-order valence-electron chi connectivity index (χ0n) is 21.2. The fourth-order valence-electron chi connectivity index (χ4n) is 5.28. The summed E-state index contributed by atoms with van der Waals surface area (Å²) in [5.74, 6) is 1.77. The first-order chi connectivity index (χ1) is 18.0. The number of pyridine rings is 1. The highest BCUT2D eigenvalue weighted by Crippen LogP contribution is 2.32. The summed E-state index contributed by atoms with van der Waals surface area (Å²) in [6.07, 6.45) is 4.75. The average Bonchev–Trinajstić information content (AvgIpc) is 3.59. The third-order valence-corrected chi connectivity index (χ3v) is 8.16. The van der Waals surface area contributed by atoms with Crippen LogP contribution in [0.1, 0.15) is 41.7 Å². The van der Waals surface area contributed by atoms with Gasteiger partial charge in [-0.2, -0.15) is 0 Å². The molecule has 1 aliphatic carbocycles. The van der Waals surface area contributed by atoms with E-state index in [2.05, 4.69) is 64.9 Å². The van der Waals surface area contributed by atoms with E-state index in [4.69, 9.17) is 9.72 Å². The van der Waals surface area contributed by atoms with Crippen molar-refractivity contribution in [2.45, 2.75) is 44.2 Å². The van der Waals surface area contributed by atoms with Crippen LogP contribution in [0.3, 0.4) is 0 Å². The summed E-state index contributed by atoms with van der Waals surface area (Å²) in [6, 6.07) is 17.0. The summed E-state index contributed by atoms with van der Waals surface area (Å²) in [5, 5.41) is 10.7. The lowest BCUT2D eigenvalue weighted by Crippen LogP contribution is -2.40. The number of carbonyl (C=O) groups excluding carboxylic acids is 1. The van der Waals surface area contributed by atoms with Gasteiger partial charge in [0.25, 0.3) is 5.91 Å². The van der Waals surface area contributed by atoms with E-state index in [0.29, 0.717) is 11.7 Å². The minimum atomic E-state index is -0.0878. The summed E-state index contributed by atoms with van der Waals surface area (Å²) >= 11 is 1.51. The van der Waals surface area contributed by atoms with E-state index < -0.39 is 0 Å². The number of anilines is 2. The quantitative estimate of drug-likeness (QED) is 0.354. The summed E-state index contributed by atoms with van der Waals surface area (Å²) in [4.78, 5) is 24.5. The highest BCUT2D eigenvalue weighted by molar-refractivity contribution is 7.13. The lowest BCUT2D eigenvalue weighted by molar-refractivity contribution is 0.0922. The molecule has 0 spiro atoms. The molecular formula is C29H31N5O2S. The van der Waals surface area contributed by atoms with Crippen LogP contribution in [0.25, 0.3) is 21.5 Å². The Bertz CT molecular complexity index is 1440. The van der Waals surface area contributed by atoms with Gasteiger partial charge in [0.05, 0.1) is 12.1 Å². The number of ether oxygens (including phenoxy) is 1. The van der Waals surface area contributed by atoms with Crippen LogP contribution in [0, 0.1) is 0 Å². The van der Waals surface area contributed by atoms with Gasteiger partial charge in [0, 0.05) is 60.7 Å². The summed E-state index contributed by atoms with van der Waals surface area (Å²) in [5.41, 5.74) is 4.90. The average molecular weight is 514 g/mol. The molecule has 3 heterocycles. The van der Waals surface area contributed by atoms with Crippen molar-refractivity contribution in [3.63, 3.8) is 0 Å². The molecule has 0 bridgehead atoms. The Labute approximate surface area is 220 Å². The lowest BCUT2D eigenvalue weighted by atomic mass is 9.91. The van der Waals surface area contributed by atoms with Crippen LogP contribution in [0.5, 0.6) is 5.75 Å². The molecule has 190 valence electrons. The van der Waals surface area contributed by atoms with Crippen molar-refractivity contribution in [2.24, 2.45) is 0 Å². The largest absolute Gasteiger partial charge is 0.493 e. The van der Waals surface area contributed by atoms with Crippen LogP contribution >= 0.6 is 11.3 Å². The van der Waals surface area contributed by atoms with E-state index in [-0.39, 0.29) is 11.9 Å². The SMILES string of the molecule is CN(C)c1cc(NC2CCC(NC(=O)c3csc(-c4ccc5c(c4)CCO5)n3)CC2)nc2ccccc12. The molecule has 1 fully saturated rings. The van der Waals surface area contributed by atoms with Crippen molar-refractivity contribution < 1.29 is 9.53 Å². The molecule has 2 aromatic carbocycles. The number of fused-ring (bicyclic) bond motifs is 2. The molecule has 2 N–H and O–H groups in total. The van der Waals surface area contributed by atoms with Gasteiger partial charge in [-0.05, 0) is 55.5 Å². The molecule has 2 aliphatic rings. The molecule has 0 radical (unpaired) electrons. The Kier molecular flexibility index (Phi) is 6.42. The van der Waals surface area contributed by atoms with Gasteiger partial charge in [0.1, 0.15) is 22.3 Å². The van der Waals surface area contributed by atoms with Crippen LogP contribution in [-0.2, 0) is 6.42 Å². The number of hydrogen-bond acceptors (Lipinski definition) is 7. The molecule has 0 saturated heterocycles. The Morgan fingerprint density at radius 2 is 1.84 bits per heavy atom. The van der Waals surface area contributed by atoms with Gasteiger partial charge >= 0.3 is 0 Å². The smallest absolute Gasteiger partial charge is 0.270 e. The van der Waals surface area contributed by atoms with Crippen molar-refractivity contribution in [1.29, 1.82) is 0 Å². The Hall–Kier alpha value is -3.65. The first-order valence-electron chi connectivity index (χ1n) is 12.9. The van der Waals surface area contributed by atoms with E-state index in [1.165, 1.54) is 16.9 Å². The van der Waals surface area contributed by atoms with Crippen molar-refractivity contribution in [3.8, 4) is 16.3 Å². The summed E-state index contributed by atoms with van der Waals surface area (Å²) in [7, 11) is 4.12. The molecule has 2 aromatic heterocycles. The number of hydrogen-bond donors (Lipinski definition) is 2. The minimum Gasteiger partial charge on any atom is -0.493 e. The minimum absolute atomic E-state index is 0.0878. The molecule has 6 rings (SSSR count). The van der Waals surface area contributed by atoms with Crippen LogP contribution in [0.15, 0.2) is 53.9 Å². The van der Waals surface area contributed by atoms with E-state index in [1.54, 1.807) is 0 Å². The maximum absolute atomic E-state index is 12.9. The first-order valence-corrected chi connectivity index (χ1v) is 13.8. The van der Waals surface area contributed by atoms with Crippen molar-refractivity contribution in [1.82, 2.24) is 15.3 Å². The second-order valence-corrected chi connectivity index (χ2v) is 10.9. The second-order valence-electron chi connectivity index (χ2n) is 10.1. The number of nitrogens with zero attached hydrogens (tertiary/aromatic N) is 3. The maximum Gasteiger partial charge on any atom is 0.270 e. The van der Waals surface area contributed by atoms with E-state index >= 15 is 0 Å². The molecule has 37 heavy (non-hydrogen) atoms. The topological polar surface area (TPSA) is 79.4 Å². The monoisotopic (exact) mass is 513 g/mol. The zero-order chi connectivity index (χ0) is 25.4. The predicted octanol–water partition coefficient (Wildman–Crippen LogP) is 5.51. The standard InChI is InChI=1S/C29H31N5O2S/c1-34(2)25-16-27(32-23-6-4-3-5-22(23)25)30-20-8-10-21(11-9-20)31-28(35)24-17-37-29(33-24)19-7-12-26-18(15-19)13-14-36-26/h3-7,12,15-17,20-21H,8-11,13-14H2,1-2H3,(H,30,32)(H,31,35). The number of carbonyl (C=O) groups is 1. The molecular weight excluding hydrogens is 482 g/mol. The molecule has 1 amide bonds. The molecule has 0 atom stereocenters. The van der Waals surface area contributed by atoms with Gasteiger partial charge in [0.2, 0.25) is 0 Å². The fourth-order valence-corrected chi connectivity index (χ4v) is 6.08. The van der Waals surface area contributed by atoms with Gasteiger partial charge in [-0.15, -0.1) is 11.3 Å². The Morgan fingerprint density at radius 1 is 1.03 bits per heavy atom. The molecule has 0 unspecified atom stereocenters. The molecule has 4 aromatic rings. The van der Waals surface area contributed by atoms with Crippen LogP contribution < -0.4 is 20.3 Å². The second kappa shape index (κ2) is 10.0. The normalized spacial score (nSPS) is 18.8. The summed E-state index contributed by atoms with van der Waals surface area (Å²) in [6.45, 7) is 0.734. The number of benzene rings is 2. The van der Waals surface area contributed by atoms with Gasteiger partial charge in [0.15, 0.2) is 0 Å². The molecule has 1 aliphatic heterocycles. The van der Waals surface area contributed by atoms with Gasteiger partial charge < -0.3 is 20.3 Å². The Morgan fingerprint density at radius 3 is 2.68 bits per heavy atom. The molecule has 8 heteroatoms. The van der Waals surface area contributed by atoms with E-state index in [1.807, 2.05) is 23.6 Å². The molecule has 1 saturated carbocycles. The number of nitrogens with one attached hydrogen (secondary N) is 2. The van der Waals surface area contributed by atoms with Crippen molar-refractivity contribution in [2.75, 3.05) is 30.9 Å². The lowest BCUT2D eigenvalue weighted by Gasteiger charge is -2.30. The van der Waals surface area contributed by atoms with Gasteiger partial charge in [-0.25, -0.2) is 9.97 Å². The van der Waals surface area contributed by atoms with Gasteiger partial charge in [-0.3, -0.25) is 4.79 Å². The number of aromatic nitrogens is 2. The van der Waals surface area contributed by atoms with Crippen LogP contribution in [0.2, 0.25) is 0 Å². The van der Waals surface area contributed by atoms with E-state index in [0.717, 1.165) is 77.4 Å². The zero-order valence-corrected chi connectivity index (χ0v) is 22.0. The number of rotatable bonds is 6. The highest BCUT2D eigenvalue weighted by Gasteiger charge is 2.24. The fraction of sp³-hybridized carbons (Fsp3) is 0.345. The highest BCUT2D eigenvalue weighted by atomic mass is 32.1. The van der Waals surface area contributed by atoms with Crippen molar-refractivity contribution >= 4 is 39.7 Å². The third-order valence-electron chi connectivity index (χ3n) is 7.26. The molecule has 7 nitrogen and oxygen atoms in total. The Balaban J connectivity index is 1.05. The van der Waals surface area contributed by atoms with Crippen LogP contribution in [-0.4, -0.2) is 48.7 Å². The van der Waals surface area contributed by atoms with Crippen LogP contribution in [0.4, 0.5) is 11.5 Å². The third kappa shape index (κ3) is 4.98. The first kappa shape index (κ1) is 23.7. The predicted molar refractivity (Wildman–Crippen MR) is 150 cm³/mol. The van der Waals surface area contributed by atoms with E-state index in [9.17, 15) is 4.79 Å². The maximum atomic E-state index is 12.9. The number of thiazole rings is 1.